The molecule has 0 saturated carbocycles. The molecule has 0 aliphatic carbocycles. The van der Waals surface area contributed by atoms with Crippen LogP contribution in [0.3, 0.4) is 0 Å². The zero-order valence-electron chi connectivity index (χ0n) is 3.97. The largest absolute Gasteiger partial charge is 2.00 e. The molecule has 1 aromatic carbocycles. The first-order valence-electron chi connectivity index (χ1n) is 1.67. The van der Waals surface area contributed by atoms with Crippen LogP contribution in [0.4, 0.5) is 0 Å². The first-order valence-corrected chi connectivity index (χ1v) is 1.67. The second kappa shape index (κ2) is 6.41. The van der Waals surface area contributed by atoms with E-state index in [1.807, 2.05) is 30.3 Å². The summed E-state index contributed by atoms with van der Waals surface area (Å²) >= 11 is 0. The number of rotatable bonds is 0. The maximum atomic E-state index is 2.00. The van der Waals surface area contributed by atoms with Gasteiger partial charge in [-0.25, -0.2) is 12.1 Å². The number of hydrogen-bond acceptors (Lipinski definition) is 0. The van der Waals surface area contributed by atoms with E-state index in [0.29, 0.717) is 0 Å². The van der Waals surface area contributed by atoms with Crippen molar-refractivity contribution in [2.75, 3.05) is 0 Å². The summed E-state index contributed by atoms with van der Waals surface area (Å²) in [5.41, 5.74) is 0. The molecule has 0 bridgehead atoms. The van der Waals surface area contributed by atoms with Crippen LogP contribution in [0.15, 0.2) is 30.3 Å². The molecule has 2 heteroatoms. The molecule has 0 N–H and O–H groups in total. The van der Waals surface area contributed by atoms with Crippen molar-refractivity contribution in [3.63, 3.8) is 0 Å². The molecular weight excluding hydrogens is 120 g/mol. The molecule has 0 radical (unpaired) electrons. The molecule has 0 aromatic heterocycles. The van der Waals surface area contributed by atoms with Crippen LogP contribution in [0.25, 0.3) is 0 Å². The van der Waals surface area contributed by atoms with Gasteiger partial charge in [0.05, 0.1) is 0 Å². The first-order chi connectivity index (χ1) is 2.50. The van der Waals surface area contributed by atoms with Crippen LogP contribution in [0.5, 0.6) is 0 Å². The van der Waals surface area contributed by atoms with Crippen LogP contribution in [-0.2, 0) is 0 Å². The zero-order valence-corrected chi connectivity index (χ0v) is 6.14. The Morgan fingerprint density at radius 2 is 1.43 bits per heavy atom. The van der Waals surface area contributed by atoms with Gasteiger partial charge in [0.1, 0.15) is 0 Å². The monoisotopic (exact) mass is 124 g/mol. The van der Waals surface area contributed by atoms with E-state index in [4.69, 9.17) is 0 Å². The fraction of sp³-hybridized carbons (Fsp3) is 0. The molecule has 0 heterocycles. The third-order valence-electron chi connectivity index (χ3n) is 0.556. The Labute approximate surface area is 65.8 Å². The molecular formula is C5H5ClMg. The zero-order chi connectivity index (χ0) is 3.54. The van der Waals surface area contributed by atoms with Crippen LogP contribution >= 0.6 is 0 Å². The van der Waals surface area contributed by atoms with Gasteiger partial charge in [0.2, 0.25) is 0 Å². The van der Waals surface area contributed by atoms with Gasteiger partial charge in [-0.1, -0.05) is 0 Å². The molecule has 0 fully saturated rings. The molecule has 0 nitrogen and oxygen atoms in total. The van der Waals surface area contributed by atoms with E-state index in [1.165, 1.54) is 0 Å². The second-order valence-corrected chi connectivity index (χ2v) is 0.962. The summed E-state index contributed by atoms with van der Waals surface area (Å²) in [6, 6.07) is 10.0. The summed E-state index contributed by atoms with van der Waals surface area (Å²) in [6.45, 7) is 0. The predicted molar refractivity (Wildman–Crippen MR) is 27.8 cm³/mol. The van der Waals surface area contributed by atoms with Crippen LogP contribution in [0.2, 0.25) is 0 Å². The minimum Gasteiger partial charge on any atom is -1.00 e. The predicted octanol–water partition coefficient (Wildman–Crippen LogP) is -1.97. The Kier molecular flexibility index (Phi) is 9.52. The van der Waals surface area contributed by atoms with Gasteiger partial charge in [0.15, 0.2) is 0 Å². The van der Waals surface area contributed by atoms with E-state index >= 15 is 0 Å². The van der Waals surface area contributed by atoms with Gasteiger partial charge >= 0.3 is 23.1 Å². The molecule has 0 spiro atoms. The average molecular weight is 125 g/mol. The van der Waals surface area contributed by atoms with Crippen LogP contribution in [0, 0.1) is 0 Å². The van der Waals surface area contributed by atoms with Crippen molar-refractivity contribution in [2.45, 2.75) is 0 Å². The molecule has 0 amide bonds. The molecule has 0 saturated heterocycles. The van der Waals surface area contributed by atoms with E-state index in [0.717, 1.165) is 0 Å². The molecule has 7 heavy (non-hydrogen) atoms. The number of hydrogen-bond donors (Lipinski definition) is 0. The topological polar surface area (TPSA) is 0 Å². The third kappa shape index (κ3) is 4.26. The molecule has 1 rings (SSSR count). The van der Waals surface area contributed by atoms with Crippen molar-refractivity contribution in [2.24, 2.45) is 0 Å². The van der Waals surface area contributed by atoms with Crippen LogP contribution in [0.1, 0.15) is 0 Å². The summed E-state index contributed by atoms with van der Waals surface area (Å²) < 4.78 is 0. The maximum absolute atomic E-state index is 2.00. The van der Waals surface area contributed by atoms with Crippen molar-refractivity contribution >= 4 is 23.1 Å². The Hall–Kier alpha value is 0.406. The molecule has 0 aliphatic rings. The molecule has 0 unspecified atom stereocenters. The molecule has 1 aromatic rings. The van der Waals surface area contributed by atoms with Crippen molar-refractivity contribution in [1.82, 2.24) is 0 Å². The maximum Gasteiger partial charge on any atom is 2.00 e. The van der Waals surface area contributed by atoms with Gasteiger partial charge in [0, 0.05) is 0 Å². The summed E-state index contributed by atoms with van der Waals surface area (Å²) in [7, 11) is 0. The van der Waals surface area contributed by atoms with Crippen molar-refractivity contribution < 1.29 is 12.4 Å². The second-order valence-electron chi connectivity index (χ2n) is 0.962. The average Bonchev–Trinajstić information content (AvgIpc) is 1.76. The van der Waals surface area contributed by atoms with Crippen molar-refractivity contribution in [3.05, 3.63) is 30.3 Å². The van der Waals surface area contributed by atoms with Crippen LogP contribution in [-0.4, -0.2) is 23.1 Å². The van der Waals surface area contributed by atoms with Crippen LogP contribution < -0.4 is 12.4 Å². The third-order valence-corrected chi connectivity index (χ3v) is 0.556. The van der Waals surface area contributed by atoms with Gasteiger partial charge in [0.25, 0.3) is 0 Å². The summed E-state index contributed by atoms with van der Waals surface area (Å²) in [5, 5.41) is 0. The Morgan fingerprint density at radius 3 is 1.57 bits per heavy atom. The quantitative estimate of drug-likeness (QED) is 0.278. The number of halogens is 1. The van der Waals surface area contributed by atoms with E-state index in [-0.39, 0.29) is 35.5 Å². The summed E-state index contributed by atoms with van der Waals surface area (Å²) in [6.07, 6.45) is 0. The minimum absolute atomic E-state index is 0. The molecule has 0 atom stereocenters. The van der Waals surface area contributed by atoms with Gasteiger partial charge in [-0.3, -0.25) is 0 Å². The van der Waals surface area contributed by atoms with Gasteiger partial charge in [-0.15, -0.1) is 0 Å². The fourth-order valence-electron chi connectivity index (χ4n) is 0.321. The normalized spacial score (nSPS) is 5.71. The smallest absolute Gasteiger partial charge is 1.00 e. The van der Waals surface area contributed by atoms with Crippen molar-refractivity contribution in [1.29, 1.82) is 0 Å². The Morgan fingerprint density at radius 1 is 1.00 bits per heavy atom. The molecule has 0 aliphatic heterocycles. The molecule has 34 valence electrons. The first kappa shape index (κ1) is 10.4. The Bertz CT molecular complexity index is 64.6. The minimum atomic E-state index is 0. The van der Waals surface area contributed by atoms with Crippen molar-refractivity contribution in [3.8, 4) is 0 Å². The van der Waals surface area contributed by atoms with E-state index in [1.54, 1.807) is 0 Å². The van der Waals surface area contributed by atoms with Gasteiger partial charge in [-0.05, 0) is 0 Å². The SMILES string of the molecule is [Cl-].[Mg+2].c1cc[cH-]c1. The van der Waals surface area contributed by atoms with Gasteiger partial charge in [-0.2, -0.15) is 18.2 Å². The van der Waals surface area contributed by atoms with E-state index < -0.39 is 0 Å². The van der Waals surface area contributed by atoms with Gasteiger partial charge < -0.3 is 12.4 Å². The fourth-order valence-corrected chi connectivity index (χ4v) is 0.321. The standard InChI is InChI=1S/C5H5.ClH.Mg/c1-2-4-5-3-1;;/h1-5H;1H;/q-1;;+2/p-1. The van der Waals surface area contributed by atoms with E-state index in [9.17, 15) is 0 Å². The Balaban J connectivity index is 0. The summed E-state index contributed by atoms with van der Waals surface area (Å²) in [5.74, 6) is 0. The summed E-state index contributed by atoms with van der Waals surface area (Å²) in [4.78, 5) is 0. The van der Waals surface area contributed by atoms with E-state index in [2.05, 4.69) is 0 Å².